The third-order valence-corrected chi connectivity index (χ3v) is 8.10. The molecule has 0 saturated carbocycles. The molecular weight excluding hydrogens is 472 g/mol. The molecular formula is C27H36N6O4. The molecule has 3 heterocycles. The van der Waals surface area contributed by atoms with Crippen LogP contribution in [0, 0.1) is 13.8 Å². The van der Waals surface area contributed by atoms with E-state index in [0.717, 1.165) is 43.6 Å². The Kier molecular flexibility index (Phi) is 7.19. The number of carbonyl (C=O) groups excluding carboxylic acids is 3. The van der Waals surface area contributed by atoms with Crippen molar-refractivity contribution in [3.05, 3.63) is 46.3 Å². The van der Waals surface area contributed by atoms with Crippen LogP contribution in [0.25, 0.3) is 0 Å². The second-order valence-corrected chi connectivity index (χ2v) is 10.2. The Balaban J connectivity index is 1.22. The summed E-state index contributed by atoms with van der Waals surface area (Å²) in [5.41, 5.74) is 6.21. The molecule has 0 unspecified atom stereocenters. The first-order chi connectivity index (χ1) is 17.9. The summed E-state index contributed by atoms with van der Waals surface area (Å²) < 4.78 is 1.75. The largest absolute Gasteiger partial charge is 0.387 e. The summed E-state index contributed by atoms with van der Waals surface area (Å²) in [5, 5.41) is 13.7. The van der Waals surface area contributed by atoms with Crippen molar-refractivity contribution >= 4 is 23.4 Å². The molecule has 2 aromatic rings. The van der Waals surface area contributed by atoms with Gasteiger partial charge in [0.15, 0.2) is 5.69 Å². The topological polar surface area (TPSA) is 102 Å². The minimum Gasteiger partial charge on any atom is -0.387 e. The highest BCUT2D eigenvalue weighted by Gasteiger charge is 2.32. The van der Waals surface area contributed by atoms with Gasteiger partial charge in [-0.05, 0) is 50.3 Å². The van der Waals surface area contributed by atoms with Gasteiger partial charge in [-0.2, -0.15) is 5.10 Å². The van der Waals surface area contributed by atoms with E-state index in [1.807, 2.05) is 4.90 Å². The van der Waals surface area contributed by atoms with Gasteiger partial charge in [-0.15, -0.1) is 0 Å². The monoisotopic (exact) mass is 508 g/mol. The Morgan fingerprint density at radius 1 is 0.865 bits per heavy atom. The third-order valence-electron chi connectivity index (χ3n) is 8.10. The summed E-state index contributed by atoms with van der Waals surface area (Å²) in [6.45, 7) is 8.46. The molecule has 0 radical (unpaired) electrons. The van der Waals surface area contributed by atoms with Crippen LogP contribution in [0.1, 0.15) is 39.3 Å². The minimum absolute atomic E-state index is 0.0351. The molecule has 3 amide bonds. The number of hydrogen-bond acceptors (Lipinski definition) is 6. The first-order valence-corrected chi connectivity index (χ1v) is 13.2. The molecule has 3 aliphatic rings. The second-order valence-electron chi connectivity index (χ2n) is 10.2. The van der Waals surface area contributed by atoms with E-state index in [-0.39, 0.29) is 24.3 Å². The third kappa shape index (κ3) is 4.94. The van der Waals surface area contributed by atoms with Gasteiger partial charge in [-0.3, -0.25) is 19.1 Å². The number of aromatic nitrogens is 2. The molecule has 0 atom stereocenters. The van der Waals surface area contributed by atoms with Crippen LogP contribution < -0.4 is 4.90 Å². The van der Waals surface area contributed by atoms with Crippen LogP contribution in [0.4, 0.5) is 5.69 Å². The maximum Gasteiger partial charge on any atom is 0.274 e. The second kappa shape index (κ2) is 10.5. The number of aliphatic hydroxyl groups excluding tert-OH is 1. The van der Waals surface area contributed by atoms with Gasteiger partial charge in [-0.1, -0.05) is 12.1 Å². The number of rotatable bonds is 5. The average molecular weight is 509 g/mol. The molecule has 0 bridgehead atoms. The SMILES string of the molecule is Cc1cccc(N2CCN(C(=O)Cn3nc(C(=O)N4CCN(C(=O)CO)CC4)c4c3CCC4)CC2)c1C. The molecule has 198 valence electrons. The highest BCUT2D eigenvalue weighted by molar-refractivity contribution is 5.94. The summed E-state index contributed by atoms with van der Waals surface area (Å²) in [4.78, 5) is 45.9. The van der Waals surface area contributed by atoms with Crippen molar-refractivity contribution in [3.63, 3.8) is 0 Å². The maximum absolute atomic E-state index is 13.3. The molecule has 5 rings (SSSR count). The van der Waals surface area contributed by atoms with Crippen LogP contribution in [0.15, 0.2) is 18.2 Å². The lowest BCUT2D eigenvalue weighted by Crippen LogP contribution is -2.51. The van der Waals surface area contributed by atoms with Crippen LogP contribution in [0.5, 0.6) is 0 Å². The minimum atomic E-state index is -0.513. The number of nitrogens with zero attached hydrogens (tertiary/aromatic N) is 6. The molecule has 2 saturated heterocycles. The Labute approximate surface area is 217 Å². The zero-order chi connectivity index (χ0) is 26.1. The van der Waals surface area contributed by atoms with Crippen molar-refractivity contribution in [2.24, 2.45) is 0 Å². The fraction of sp³-hybridized carbons (Fsp3) is 0.556. The van der Waals surface area contributed by atoms with Gasteiger partial charge in [0.2, 0.25) is 11.8 Å². The van der Waals surface area contributed by atoms with Crippen LogP contribution in [0.3, 0.4) is 0 Å². The molecule has 1 aromatic heterocycles. The van der Waals surface area contributed by atoms with Crippen molar-refractivity contribution < 1.29 is 19.5 Å². The smallest absolute Gasteiger partial charge is 0.274 e. The first kappa shape index (κ1) is 25.3. The lowest BCUT2D eigenvalue weighted by Gasteiger charge is -2.37. The molecule has 1 N–H and O–H groups in total. The van der Waals surface area contributed by atoms with Crippen molar-refractivity contribution in [1.29, 1.82) is 0 Å². The summed E-state index contributed by atoms with van der Waals surface area (Å²) >= 11 is 0. The van der Waals surface area contributed by atoms with Gasteiger partial charge in [-0.25, -0.2) is 0 Å². The van der Waals surface area contributed by atoms with Gasteiger partial charge < -0.3 is 24.7 Å². The van der Waals surface area contributed by atoms with Gasteiger partial charge in [0.1, 0.15) is 13.2 Å². The lowest BCUT2D eigenvalue weighted by molar-refractivity contribution is -0.135. The molecule has 2 aliphatic heterocycles. The van der Waals surface area contributed by atoms with Crippen LogP contribution in [-0.2, 0) is 29.0 Å². The Morgan fingerprint density at radius 3 is 2.22 bits per heavy atom. The van der Waals surface area contributed by atoms with E-state index < -0.39 is 6.61 Å². The summed E-state index contributed by atoms with van der Waals surface area (Å²) in [6, 6.07) is 6.36. The number of aliphatic hydroxyl groups is 1. The molecule has 1 aromatic carbocycles. The van der Waals surface area contributed by atoms with E-state index in [4.69, 9.17) is 5.11 Å². The Hall–Kier alpha value is -3.40. The molecule has 10 nitrogen and oxygen atoms in total. The van der Waals surface area contributed by atoms with Crippen molar-refractivity contribution in [3.8, 4) is 0 Å². The van der Waals surface area contributed by atoms with Crippen molar-refractivity contribution in [2.45, 2.75) is 39.7 Å². The number of anilines is 1. The number of aryl methyl sites for hydroxylation is 1. The van der Waals surface area contributed by atoms with Gasteiger partial charge in [0.25, 0.3) is 5.91 Å². The lowest BCUT2D eigenvalue weighted by atomic mass is 10.1. The number of benzene rings is 1. The summed E-state index contributed by atoms with van der Waals surface area (Å²) in [5.74, 6) is -0.416. The van der Waals surface area contributed by atoms with E-state index >= 15 is 0 Å². The van der Waals surface area contributed by atoms with Crippen LogP contribution in [0.2, 0.25) is 0 Å². The molecule has 2 fully saturated rings. The fourth-order valence-electron chi connectivity index (χ4n) is 5.72. The van der Waals surface area contributed by atoms with Crippen molar-refractivity contribution in [1.82, 2.24) is 24.5 Å². The zero-order valence-corrected chi connectivity index (χ0v) is 21.8. The molecule has 10 heteroatoms. The molecule has 1 aliphatic carbocycles. The van der Waals surface area contributed by atoms with Gasteiger partial charge >= 0.3 is 0 Å². The number of amides is 3. The van der Waals surface area contributed by atoms with E-state index in [0.29, 0.717) is 45.0 Å². The van der Waals surface area contributed by atoms with Crippen molar-refractivity contribution in [2.75, 3.05) is 63.9 Å². The Morgan fingerprint density at radius 2 is 1.51 bits per heavy atom. The zero-order valence-electron chi connectivity index (χ0n) is 21.8. The Bertz CT molecular complexity index is 1190. The van der Waals surface area contributed by atoms with Gasteiger partial charge in [0.05, 0.1) is 0 Å². The summed E-state index contributed by atoms with van der Waals surface area (Å²) in [7, 11) is 0. The van der Waals surface area contributed by atoms with E-state index in [9.17, 15) is 14.4 Å². The molecule has 0 spiro atoms. The van der Waals surface area contributed by atoms with Crippen LogP contribution in [-0.4, -0.2) is 106 Å². The molecule has 37 heavy (non-hydrogen) atoms. The first-order valence-electron chi connectivity index (χ1n) is 13.2. The van der Waals surface area contributed by atoms with E-state index in [2.05, 4.69) is 42.0 Å². The quantitative estimate of drug-likeness (QED) is 0.635. The standard InChI is InChI=1S/C27H36N6O4/c1-19-5-3-7-22(20(19)2)29-9-11-30(12-10-29)24(35)17-33-23-8-4-6-21(23)26(28-33)27(37)32-15-13-31(14-16-32)25(36)18-34/h3,5,7,34H,4,6,8-18H2,1-2H3. The van der Waals surface area contributed by atoms with Crippen LogP contribution >= 0.6 is 0 Å². The number of hydrogen-bond donors (Lipinski definition) is 1. The number of fused-ring (bicyclic) bond motifs is 1. The maximum atomic E-state index is 13.3. The average Bonchev–Trinajstić information content (AvgIpc) is 3.53. The normalized spacial score (nSPS) is 17.8. The number of carbonyl (C=O) groups is 3. The number of piperazine rings is 2. The fourth-order valence-corrected chi connectivity index (χ4v) is 5.72. The predicted molar refractivity (Wildman–Crippen MR) is 139 cm³/mol. The highest BCUT2D eigenvalue weighted by atomic mass is 16.3. The van der Waals surface area contributed by atoms with E-state index in [1.54, 1.807) is 14.5 Å². The summed E-state index contributed by atoms with van der Waals surface area (Å²) in [6.07, 6.45) is 2.57. The highest BCUT2D eigenvalue weighted by Crippen LogP contribution is 2.27. The van der Waals surface area contributed by atoms with E-state index in [1.165, 1.54) is 16.8 Å². The predicted octanol–water partition coefficient (Wildman–Crippen LogP) is 0.614. The van der Waals surface area contributed by atoms with Gasteiger partial charge in [0, 0.05) is 69.3 Å².